The van der Waals surface area contributed by atoms with E-state index in [9.17, 15) is 18.0 Å². The number of carboxylic acids is 1. The maximum absolute atomic E-state index is 12.5. The van der Waals surface area contributed by atoms with Gasteiger partial charge in [-0.25, -0.2) is 4.79 Å². The molecule has 2 heterocycles. The molecule has 7 nitrogen and oxygen atoms in total. The summed E-state index contributed by atoms with van der Waals surface area (Å²) in [5.74, 6) is -2.10. The van der Waals surface area contributed by atoms with Gasteiger partial charge in [0.15, 0.2) is 0 Å². The first kappa shape index (κ1) is 26.1. The van der Waals surface area contributed by atoms with Gasteiger partial charge >= 0.3 is 12.1 Å². The summed E-state index contributed by atoms with van der Waals surface area (Å²) in [7, 11) is 3.70. The second kappa shape index (κ2) is 12.2. The number of benzene rings is 1. The van der Waals surface area contributed by atoms with Crippen LogP contribution in [0.2, 0.25) is 0 Å². The lowest BCUT2D eigenvalue weighted by molar-refractivity contribution is -0.192. The number of carbonyl (C=O) groups is 2. The summed E-state index contributed by atoms with van der Waals surface area (Å²) in [6.07, 6.45) is -2.99. The largest absolute Gasteiger partial charge is 0.490 e. The zero-order chi connectivity index (χ0) is 23.7. The van der Waals surface area contributed by atoms with Gasteiger partial charge in [-0.3, -0.25) is 4.79 Å². The standard InChI is InChI=1S/C20H30N2O3.C2HF3O2/c1-21(2)20(23)17-9-12-25-19-8-10-22(14-18(17)19)11-13-24-15-16-6-4-3-5-7-16;3-2(4,5)1(6)7/h3-7,17-19H,8-15H2,1-2H3;(H,6,7)/t17-,18+,19-;/m1./s1. The first-order valence-corrected chi connectivity index (χ1v) is 10.6. The van der Waals surface area contributed by atoms with Gasteiger partial charge in [-0.2, -0.15) is 13.2 Å². The van der Waals surface area contributed by atoms with Gasteiger partial charge < -0.3 is 24.4 Å². The van der Waals surface area contributed by atoms with Crippen molar-refractivity contribution in [2.45, 2.75) is 31.7 Å². The zero-order valence-corrected chi connectivity index (χ0v) is 18.4. The number of carbonyl (C=O) groups excluding carboxylic acids is 1. The van der Waals surface area contributed by atoms with E-state index >= 15 is 0 Å². The van der Waals surface area contributed by atoms with Gasteiger partial charge in [-0.1, -0.05) is 30.3 Å². The molecule has 1 amide bonds. The minimum absolute atomic E-state index is 0.0989. The first-order valence-electron chi connectivity index (χ1n) is 10.6. The molecule has 0 spiro atoms. The number of fused-ring (bicyclic) bond motifs is 1. The van der Waals surface area contributed by atoms with Crippen LogP contribution in [0.3, 0.4) is 0 Å². The molecule has 2 aliphatic heterocycles. The van der Waals surface area contributed by atoms with E-state index in [1.54, 1.807) is 4.90 Å². The fraction of sp³-hybridized carbons (Fsp3) is 0.636. The van der Waals surface area contributed by atoms with Crippen LogP contribution in [-0.4, -0.2) is 86.0 Å². The van der Waals surface area contributed by atoms with Crippen molar-refractivity contribution in [2.75, 3.05) is 46.9 Å². The maximum atomic E-state index is 12.5. The molecule has 0 unspecified atom stereocenters. The first-order chi connectivity index (χ1) is 15.1. The Kier molecular flexibility index (Phi) is 9.92. The summed E-state index contributed by atoms with van der Waals surface area (Å²) in [5, 5.41) is 7.12. The number of amides is 1. The molecule has 3 atom stereocenters. The fourth-order valence-electron chi connectivity index (χ4n) is 3.98. The van der Waals surface area contributed by atoms with Gasteiger partial charge in [0.25, 0.3) is 0 Å². The van der Waals surface area contributed by atoms with E-state index < -0.39 is 12.1 Å². The van der Waals surface area contributed by atoms with E-state index in [0.717, 1.165) is 39.1 Å². The predicted octanol–water partition coefficient (Wildman–Crippen LogP) is 2.65. The van der Waals surface area contributed by atoms with E-state index in [0.29, 0.717) is 19.1 Å². The van der Waals surface area contributed by atoms with E-state index in [1.807, 2.05) is 32.3 Å². The van der Waals surface area contributed by atoms with Crippen molar-refractivity contribution in [1.29, 1.82) is 0 Å². The van der Waals surface area contributed by atoms with Crippen LogP contribution in [0.4, 0.5) is 13.2 Å². The number of hydrogen-bond donors (Lipinski definition) is 1. The van der Waals surface area contributed by atoms with Crippen LogP contribution >= 0.6 is 0 Å². The Hall–Kier alpha value is -2.17. The van der Waals surface area contributed by atoms with Crippen molar-refractivity contribution >= 4 is 11.9 Å². The number of carboxylic acid groups (broad SMARTS) is 1. The summed E-state index contributed by atoms with van der Waals surface area (Å²) in [5.41, 5.74) is 1.21. The summed E-state index contributed by atoms with van der Waals surface area (Å²) in [6, 6.07) is 10.3. The van der Waals surface area contributed by atoms with E-state index in [1.165, 1.54) is 5.56 Å². The average Bonchev–Trinajstić information content (AvgIpc) is 2.76. The molecule has 1 N–H and O–H groups in total. The second-order valence-corrected chi connectivity index (χ2v) is 8.13. The Morgan fingerprint density at radius 1 is 1.22 bits per heavy atom. The smallest absolute Gasteiger partial charge is 0.475 e. The van der Waals surface area contributed by atoms with Crippen molar-refractivity contribution in [3.05, 3.63) is 35.9 Å². The molecule has 180 valence electrons. The molecule has 0 aliphatic carbocycles. The second-order valence-electron chi connectivity index (χ2n) is 8.13. The van der Waals surface area contributed by atoms with Crippen LogP contribution in [0.1, 0.15) is 18.4 Å². The third-order valence-electron chi connectivity index (χ3n) is 5.62. The summed E-state index contributed by atoms with van der Waals surface area (Å²) >= 11 is 0. The molecule has 2 aliphatic rings. The molecule has 0 saturated carbocycles. The number of piperidine rings is 1. The number of ether oxygens (including phenoxy) is 2. The number of alkyl halides is 3. The molecule has 1 aromatic carbocycles. The highest BCUT2D eigenvalue weighted by molar-refractivity contribution is 5.78. The number of hydrogen-bond acceptors (Lipinski definition) is 5. The van der Waals surface area contributed by atoms with E-state index in [-0.39, 0.29) is 17.9 Å². The van der Waals surface area contributed by atoms with Crippen LogP contribution < -0.4 is 0 Å². The number of nitrogens with zero attached hydrogens (tertiary/aromatic N) is 2. The molecule has 2 fully saturated rings. The molecule has 1 aromatic rings. The Balaban J connectivity index is 0.000000451. The van der Waals surface area contributed by atoms with Crippen molar-refractivity contribution in [3.8, 4) is 0 Å². The van der Waals surface area contributed by atoms with Crippen LogP contribution in [0, 0.1) is 11.8 Å². The predicted molar refractivity (Wildman–Crippen MR) is 111 cm³/mol. The highest BCUT2D eigenvalue weighted by atomic mass is 19.4. The molecular weight excluding hydrogens is 429 g/mol. The zero-order valence-electron chi connectivity index (χ0n) is 18.4. The van der Waals surface area contributed by atoms with Crippen molar-refractivity contribution < 1.29 is 37.3 Å². The Morgan fingerprint density at radius 3 is 2.47 bits per heavy atom. The highest BCUT2D eigenvalue weighted by Gasteiger charge is 2.42. The molecule has 32 heavy (non-hydrogen) atoms. The third kappa shape index (κ3) is 8.07. The summed E-state index contributed by atoms with van der Waals surface area (Å²) < 4.78 is 43.5. The van der Waals surface area contributed by atoms with Crippen LogP contribution in [0.15, 0.2) is 30.3 Å². The molecule has 0 bridgehead atoms. The average molecular weight is 460 g/mol. The Morgan fingerprint density at radius 2 is 1.88 bits per heavy atom. The molecule has 0 aromatic heterocycles. The normalized spacial score (nSPS) is 23.5. The third-order valence-corrected chi connectivity index (χ3v) is 5.62. The topological polar surface area (TPSA) is 79.3 Å². The lowest BCUT2D eigenvalue weighted by atomic mass is 9.79. The molecule has 2 saturated heterocycles. The fourth-order valence-corrected chi connectivity index (χ4v) is 3.98. The van der Waals surface area contributed by atoms with Crippen LogP contribution in [-0.2, 0) is 25.7 Å². The lowest BCUT2D eigenvalue weighted by Gasteiger charge is -2.45. The van der Waals surface area contributed by atoms with Gasteiger partial charge in [-0.15, -0.1) is 0 Å². The summed E-state index contributed by atoms with van der Waals surface area (Å²) in [6.45, 7) is 4.97. The van der Waals surface area contributed by atoms with Gasteiger partial charge in [0.2, 0.25) is 5.91 Å². The van der Waals surface area contributed by atoms with Crippen molar-refractivity contribution in [3.63, 3.8) is 0 Å². The SMILES string of the molecule is CN(C)C(=O)[C@@H]1CCO[C@@H]2CCN(CCOCc3ccccc3)C[C@H]21.O=C(O)C(F)(F)F. The number of likely N-dealkylation sites (tertiary alicyclic amines) is 1. The number of aliphatic carboxylic acids is 1. The Bertz CT molecular complexity index is 730. The highest BCUT2D eigenvalue weighted by Crippen LogP contribution is 2.34. The lowest BCUT2D eigenvalue weighted by Crippen LogP contribution is -2.53. The maximum Gasteiger partial charge on any atom is 0.490 e. The molecular formula is C22H31F3N2O5. The van der Waals surface area contributed by atoms with Crippen LogP contribution in [0.5, 0.6) is 0 Å². The number of halogens is 3. The van der Waals surface area contributed by atoms with E-state index in [2.05, 4.69) is 17.0 Å². The Labute approximate surface area is 186 Å². The summed E-state index contributed by atoms with van der Waals surface area (Å²) in [4.78, 5) is 25.6. The minimum atomic E-state index is -5.08. The van der Waals surface area contributed by atoms with Gasteiger partial charge in [0.1, 0.15) is 0 Å². The van der Waals surface area contributed by atoms with Crippen LogP contribution in [0.25, 0.3) is 0 Å². The van der Waals surface area contributed by atoms with Crippen molar-refractivity contribution in [2.24, 2.45) is 11.8 Å². The minimum Gasteiger partial charge on any atom is -0.475 e. The quantitative estimate of drug-likeness (QED) is 0.658. The molecule has 10 heteroatoms. The van der Waals surface area contributed by atoms with Crippen molar-refractivity contribution in [1.82, 2.24) is 9.80 Å². The van der Waals surface area contributed by atoms with E-state index in [4.69, 9.17) is 19.4 Å². The number of rotatable bonds is 6. The van der Waals surface area contributed by atoms with Gasteiger partial charge in [0.05, 0.1) is 19.3 Å². The monoisotopic (exact) mass is 460 g/mol. The van der Waals surface area contributed by atoms with Gasteiger partial charge in [0, 0.05) is 52.2 Å². The molecule has 3 rings (SSSR count). The van der Waals surface area contributed by atoms with Gasteiger partial charge in [-0.05, 0) is 18.4 Å². The molecule has 0 radical (unpaired) electrons.